The van der Waals surface area contributed by atoms with Crippen LogP contribution in [0.15, 0.2) is 0 Å². The quantitative estimate of drug-likeness (QED) is 0.681. The summed E-state index contributed by atoms with van der Waals surface area (Å²) in [6, 6.07) is 0. The van der Waals surface area contributed by atoms with Crippen LogP contribution in [0.2, 0.25) is 0 Å². The fourth-order valence-electron chi connectivity index (χ4n) is 8.33. The predicted molar refractivity (Wildman–Crippen MR) is 111 cm³/mol. The van der Waals surface area contributed by atoms with Crippen LogP contribution in [-0.4, -0.2) is 54.4 Å². The molecule has 1 spiro atoms. The first kappa shape index (κ1) is 20.9. The molecule has 6 nitrogen and oxygen atoms in total. The SMILES string of the molecule is COC1CC23OC4C(CC2(C)C(C)CCC3C(C)(C)C1=O)C(O)CC1C(=O)NCC14. The lowest BCUT2D eigenvalue weighted by molar-refractivity contribution is -0.329. The zero-order chi connectivity index (χ0) is 21.6. The summed E-state index contributed by atoms with van der Waals surface area (Å²) in [5.74, 6) is 0.759. The Morgan fingerprint density at radius 2 is 1.87 bits per heavy atom. The minimum Gasteiger partial charge on any atom is -0.393 e. The van der Waals surface area contributed by atoms with Gasteiger partial charge < -0.3 is 19.9 Å². The van der Waals surface area contributed by atoms with E-state index >= 15 is 0 Å². The minimum atomic E-state index is -0.524. The third-order valence-corrected chi connectivity index (χ3v) is 10.3. The summed E-state index contributed by atoms with van der Waals surface area (Å²) in [5.41, 5.74) is -1.14. The van der Waals surface area contributed by atoms with Gasteiger partial charge in [0.2, 0.25) is 5.91 Å². The van der Waals surface area contributed by atoms with E-state index in [-0.39, 0.29) is 46.9 Å². The number of aliphatic hydroxyl groups excluding tert-OH is 1. The summed E-state index contributed by atoms with van der Waals surface area (Å²) in [7, 11) is 1.63. The van der Waals surface area contributed by atoms with Gasteiger partial charge in [-0.05, 0) is 31.6 Å². The Balaban J connectivity index is 1.62. The molecule has 30 heavy (non-hydrogen) atoms. The number of methoxy groups -OCH3 is 1. The third-order valence-electron chi connectivity index (χ3n) is 10.3. The van der Waals surface area contributed by atoms with Crippen LogP contribution in [0.1, 0.15) is 59.8 Å². The number of ketones is 1. The molecule has 6 heteroatoms. The molecule has 3 saturated carbocycles. The average molecular weight is 420 g/mol. The maximum absolute atomic E-state index is 13.3. The second kappa shape index (κ2) is 6.52. The van der Waals surface area contributed by atoms with Gasteiger partial charge in [0.25, 0.3) is 0 Å². The number of hydrogen-bond donors (Lipinski definition) is 2. The lowest BCUT2D eigenvalue weighted by Gasteiger charge is -2.70. The van der Waals surface area contributed by atoms with Crippen molar-refractivity contribution in [3.05, 3.63) is 0 Å². The summed E-state index contributed by atoms with van der Waals surface area (Å²) >= 11 is 0. The number of hydrogen-bond acceptors (Lipinski definition) is 5. The highest BCUT2D eigenvalue weighted by Crippen LogP contribution is 2.68. The van der Waals surface area contributed by atoms with E-state index in [2.05, 4.69) is 33.0 Å². The van der Waals surface area contributed by atoms with Crippen LogP contribution in [0, 0.1) is 40.4 Å². The number of rotatable bonds is 1. The molecule has 10 unspecified atom stereocenters. The zero-order valence-corrected chi connectivity index (χ0v) is 18.9. The highest BCUT2D eigenvalue weighted by Gasteiger charge is 2.72. The predicted octanol–water partition coefficient (Wildman–Crippen LogP) is 2.32. The first-order valence-electron chi connectivity index (χ1n) is 11.8. The van der Waals surface area contributed by atoms with Crippen LogP contribution in [0.3, 0.4) is 0 Å². The van der Waals surface area contributed by atoms with Crippen LogP contribution >= 0.6 is 0 Å². The molecule has 5 rings (SSSR count). The van der Waals surface area contributed by atoms with Gasteiger partial charge >= 0.3 is 0 Å². The van der Waals surface area contributed by atoms with E-state index in [0.717, 1.165) is 19.3 Å². The number of fused-ring (bicyclic) bond motifs is 3. The van der Waals surface area contributed by atoms with Crippen molar-refractivity contribution in [2.24, 2.45) is 40.4 Å². The van der Waals surface area contributed by atoms with Crippen molar-refractivity contribution in [3.8, 4) is 0 Å². The Morgan fingerprint density at radius 1 is 1.13 bits per heavy atom. The van der Waals surface area contributed by atoms with Gasteiger partial charge in [0, 0.05) is 54.6 Å². The van der Waals surface area contributed by atoms with Crippen LogP contribution in [0.5, 0.6) is 0 Å². The molecular formula is C24H37NO5. The molecule has 10 atom stereocenters. The molecule has 5 fully saturated rings. The first-order chi connectivity index (χ1) is 14.1. The van der Waals surface area contributed by atoms with E-state index in [9.17, 15) is 14.7 Å². The molecule has 0 radical (unpaired) electrons. The zero-order valence-electron chi connectivity index (χ0n) is 18.9. The van der Waals surface area contributed by atoms with Crippen molar-refractivity contribution in [1.82, 2.24) is 5.32 Å². The molecule has 1 amide bonds. The minimum absolute atomic E-state index is 0.0394. The second-order valence-electron chi connectivity index (χ2n) is 11.6. The summed E-state index contributed by atoms with van der Waals surface area (Å²) in [5, 5.41) is 14.1. The largest absolute Gasteiger partial charge is 0.393 e. The summed E-state index contributed by atoms with van der Waals surface area (Å²) < 4.78 is 13.0. The number of ether oxygens (including phenoxy) is 2. The Hall–Kier alpha value is -0.980. The highest BCUT2D eigenvalue weighted by atomic mass is 16.5. The van der Waals surface area contributed by atoms with Gasteiger partial charge in [0.15, 0.2) is 5.78 Å². The topological polar surface area (TPSA) is 84.9 Å². The lowest BCUT2D eigenvalue weighted by atomic mass is 9.42. The molecule has 3 aliphatic carbocycles. The fourth-order valence-corrected chi connectivity index (χ4v) is 8.33. The van der Waals surface area contributed by atoms with Gasteiger partial charge in [-0.1, -0.05) is 27.7 Å². The van der Waals surface area contributed by atoms with Gasteiger partial charge in [0.1, 0.15) is 6.10 Å². The van der Waals surface area contributed by atoms with E-state index in [1.54, 1.807) is 7.11 Å². The Kier molecular flexibility index (Phi) is 4.54. The van der Waals surface area contributed by atoms with Gasteiger partial charge in [-0.3, -0.25) is 9.59 Å². The molecule has 2 saturated heterocycles. The molecule has 5 aliphatic rings. The van der Waals surface area contributed by atoms with Crippen molar-refractivity contribution in [3.63, 3.8) is 0 Å². The maximum atomic E-state index is 13.3. The number of carbonyl (C=O) groups is 2. The Morgan fingerprint density at radius 3 is 2.57 bits per heavy atom. The monoisotopic (exact) mass is 419 g/mol. The number of amides is 1. The summed E-state index contributed by atoms with van der Waals surface area (Å²) in [4.78, 5) is 25.7. The van der Waals surface area contributed by atoms with E-state index < -0.39 is 23.2 Å². The molecule has 0 aromatic heterocycles. The normalized spacial score (nSPS) is 54.5. The van der Waals surface area contributed by atoms with Gasteiger partial charge in [0.05, 0.1) is 17.8 Å². The second-order valence-corrected chi connectivity index (χ2v) is 11.6. The Labute approximate surface area is 179 Å². The van der Waals surface area contributed by atoms with Crippen molar-refractivity contribution < 1.29 is 24.2 Å². The molecule has 0 aromatic rings. The first-order valence-corrected chi connectivity index (χ1v) is 11.8. The van der Waals surface area contributed by atoms with Crippen molar-refractivity contribution in [2.75, 3.05) is 13.7 Å². The number of carbonyl (C=O) groups excluding carboxylic acids is 2. The highest BCUT2D eigenvalue weighted by molar-refractivity contribution is 5.90. The number of Topliss-reactive ketones (excluding diaryl/α,β-unsaturated/α-hetero) is 1. The average Bonchev–Trinajstić information content (AvgIpc) is 3.06. The van der Waals surface area contributed by atoms with E-state index in [1.807, 2.05) is 0 Å². The standard InChI is InChI=1S/C24H37NO5/c1-12-6-7-18-22(2,3)20(27)17(29-5)10-24(18)23(12,4)9-14-16(26)8-13-15(19(14)30-24)11-25-21(13)28/h12-19,26H,6-11H2,1-5H3,(H,25,28). The van der Waals surface area contributed by atoms with E-state index in [4.69, 9.17) is 9.47 Å². The van der Waals surface area contributed by atoms with E-state index in [0.29, 0.717) is 25.3 Å². The van der Waals surface area contributed by atoms with Crippen molar-refractivity contribution in [2.45, 2.75) is 83.7 Å². The molecular weight excluding hydrogens is 382 g/mol. The summed E-state index contributed by atoms with van der Waals surface area (Å²) in [6.45, 7) is 9.40. The smallest absolute Gasteiger partial charge is 0.223 e. The third kappa shape index (κ3) is 2.42. The molecule has 2 heterocycles. The maximum Gasteiger partial charge on any atom is 0.223 e. The molecule has 168 valence electrons. The molecule has 2 N–H and O–H groups in total. The Bertz CT molecular complexity index is 767. The molecule has 0 bridgehead atoms. The van der Waals surface area contributed by atoms with E-state index in [1.165, 1.54) is 0 Å². The molecule has 0 aromatic carbocycles. The van der Waals surface area contributed by atoms with Gasteiger partial charge in [-0.15, -0.1) is 0 Å². The van der Waals surface area contributed by atoms with Crippen LogP contribution < -0.4 is 5.32 Å². The van der Waals surface area contributed by atoms with Gasteiger partial charge in [-0.2, -0.15) is 0 Å². The lowest BCUT2D eigenvalue weighted by Crippen LogP contribution is -2.74. The van der Waals surface area contributed by atoms with Crippen molar-refractivity contribution >= 4 is 11.7 Å². The molecule has 2 aliphatic heterocycles. The van der Waals surface area contributed by atoms with Crippen LogP contribution in [-0.2, 0) is 19.1 Å². The summed E-state index contributed by atoms with van der Waals surface area (Å²) in [6.07, 6.45) is 2.90. The number of nitrogens with one attached hydrogen (secondary N) is 1. The van der Waals surface area contributed by atoms with Crippen LogP contribution in [0.4, 0.5) is 0 Å². The van der Waals surface area contributed by atoms with Crippen LogP contribution in [0.25, 0.3) is 0 Å². The van der Waals surface area contributed by atoms with Gasteiger partial charge in [-0.25, -0.2) is 0 Å². The fraction of sp³-hybridized carbons (Fsp3) is 0.917. The van der Waals surface area contributed by atoms with Crippen molar-refractivity contribution in [1.29, 1.82) is 0 Å². The number of aliphatic hydroxyl groups is 1.